The van der Waals surface area contributed by atoms with Gasteiger partial charge in [-0.25, -0.2) is 0 Å². The number of nitrogens with one attached hydrogen (secondary N) is 2. The molecule has 1 saturated heterocycles. The summed E-state index contributed by atoms with van der Waals surface area (Å²) in [7, 11) is 0. The van der Waals surface area contributed by atoms with E-state index in [2.05, 4.69) is 50.2 Å². The van der Waals surface area contributed by atoms with Crippen LogP contribution in [0.2, 0.25) is 0 Å². The predicted molar refractivity (Wildman–Crippen MR) is 97.9 cm³/mol. The Morgan fingerprint density at radius 3 is 2.65 bits per heavy atom. The molecule has 1 fully saturated rings. The summed E-state index contributed by atoms with van der Waals surface area (Å²) in [5.74, 6) is -0.579. The fourth-order valence-electron chi connectivity index (χ4n) is 3.89. The highest BCUT2D eigenvalue weighted by Gasteiger charge is 2.36. The average Bonchev–Trinajstić information content (AvgIpc) is 3.35. The molecule has 0 spiro atoms. The van der Waals surface area contributed by atoms with Gasteiger partial charge in [0.25, 0.3) is 0 Å². The van der Waals surface area contributed by atoms with Gasteiger partial charge in [-0.15, -0.1) is 10.2 Å². The molecule has 1 aromatic carbocycles. The van der Waals surface area contributed by atoms with Crippen molar-refractivity contribution in [3.63, 3.8) is 0 Å². The number of carboxylic acid groups (broad SMARTS) is 1. The van der Waals surface area contributed by atoms with Crippen molar-refractivity contribution in [2.75, 3.05) is 13.1 Å². The first-order chi connectivity index (χ1) is 12.6. The molecule has 1 aliphatic heterocycles. The number of hydrogen-bond acceptors (Lipinski definition) is 5. The number of hydrogen-bond donors (Lipinski definition) is 3. The highest BCUT2D eigenvalue weighted by atomic mass is 16.4. The summed E-state index contributed by atoms with van der Waals surface area (Å²) < 4.78 is 0. The van der Waals surface area contributed by atoms with Gasteiger partial charge in [-0.3, -0.25) is 4.79 Å². The molecule has 7 nitrogen and oxygen atoms in total. The molecule has 0 bridgehead atoms. The maximum absolute atomic E-state index is 12.0. The third-order valence-electron chi connectivity index (χ3n) is 5.64. The molecule has 0 amide bonds. The van der Waals surface area contributed by atoms with Crippen LogP contribution in [0.1, 0.15) is 55.5 Å². The van der Waals surface area contributed by atoms with E-state index in [1.54, 1.807) is 0 Å². The van der Waals surface area contributed by atoms with Crippen LogP contribution in [0.4, 0.5) is 0 Å². The Hall–Kier alpha value is -2.28. The SMILES string of the molecule is CCC(C)C(C(=O)O)C(Cc1ccc(C2CCNC2)cc1)c1nn[nH]n1. The van der Waals surface area contributed by atoms with Crippen molar-refractivity contribution in [2.45, 2.75) is 44.9 Å². The molecule has 26 heavy (non-hydrogen) atoms. The third-order valence-corrected chi connectivity index (χ3v) is 5.64. The van der Waals surface area contributed by atoms with Gasteiger partial charge < -0.3 is 10.4 Å². The highest BCUT2D eigenvalue weighted by Crippen LogP contribution is 2.33. The summed E-state index contributed by atoms with van der Waals surface area (Å²) in [5.41, 5.74) is 2.44. The molecule has 1 aliphatic rings. The number of tetrazole rings is 1. The number of aromatic amines is 1. The smallest absolute Gasteiger partial charge is 0.307 e. The number of carboxylic acids is 1. The fraction of sp³-hybridized carbons (Fsp3) is 0.579. The minimum absolute atomic E-state index is 0.0276. The van der Waals surface area contributed by atoms with E-state index in [-0.39, 0.29) is 11.8 Å². The average molecular weight is 357 g/mol. The number of aromatic nitrogens is 4. The zero-order chi connectivity index (χ0) is 18.5. The van der Waals surface area contributed by atoms with Crippen molar-refractivity contribution in [1.82, 2.24) is 25.9 Å². The first kappa shape index (κ1) is 18.5. The second kappa shape index (κ2) is 8.40. The van der Waals surface area contributed by atoms with Crippen molar-refractivity contribution in [3.8, 4) is 0 Å². The van der Waals surface area contributed by atoms with Crippen LogP contribution in [0.3, 0.4) is 0 Å². The van der Waals surface area contributed by atoms with Crippen LogP contribution in [0.25, 0.3) is 0 Å². The number of rotatable bonds is 8. The molecular formula is C19H27N5O2. The van der Waals surface area contributed by atoms with Gasteiger partial charge in [-0.2, -0.15) is 5.21 Å². The molecule has 2 heterocycles. The van der Waals surface area contributed by atoms with Crippen LogP contribution in [-0.2, 0) is 11.2 Å². The molecule has 140 valence electrons. The summed E-state index contributed by atoms with van der Waals surface area (Å²) in [6.07, 6.45) is 2.54. The van der Waals surface area contributed by atoms with E-state index in [0.29, 0.717) is 18.2 Å². The van der Waals surface area contributed by atoms with Crippen molar-refractivity contribution < 1.29 is 9.90 Å². The topological polar surface area (TPSA) is 104 Å². The number of carbonyl (C=O) groups is 1. The number of benzene rings is 1. The molecule has 7 heteroatoms. The van der Waals surface area contributed by atoms with Gasteiger partial charge in [-0.05, 0) is 42.3 Å². The first-order valence-corrected chi connectivity index (χ1v) is 9.35. The Morgan fingerprint density at radius 2 is 2.12 bits per heavy atom. The Morgan fingerprint density at radius 1 is 1.35 bits per heavy atom. The van der Waals surface area contributed by atoms with Gasteiger partial charge in [0, 0.05) is 12.5 Å². The minimum atomic E-state index is -0.803. The van der Waals surface area contributed by atoms with Crippen LogP contribution < -0.4 is 5.32 Å². The Labute approximate surface area is 153 Å². The summed E-state index contributed by atoms with van der Waals surface area (Å²) in [4.78, 5) is 12.0. The Kier molecular flexibility index (Phi) is 5.98. The molecule has 4 atom stereocenters. The van der Waals surface area contributed by atoms with Gasteiger partial charge in [0.2, 0.25) is 0 Å². The van der Waals surface area contributed by atoms with Gasteiger partial charge in [-0.1, -0.05) is 49.7 Å². The Bertz CT molecular complexity index is 695. The van der Waals surface area contributed by atoms with E-state index in [9.17, 15) is 9.90 Å². The van der Waals surface area contributed by atoms with E-state index in [1.165, 1.54) is 12.0 Å². The number of aliphatic carboxylic acids is 1. The maximum Gasteiger partial charge on any atom is 0.307 e. The van der Waals surface area contributed by atoms with Crippen LogP contribution in [0.15, 0.2) is 24.3 Å². The molecule has 1 aromatic heterocycles. The van der Waals surface area contributed by atoms with E-state index in [4.69, 9.17) is 0 Å². The maximum atomic E-state index is 12.0. The predicted octanol–water partition coefficient (Wildman–Crippen LogP) is 2.35. The lowest BCUT2D eigenvalue weighted by molar-refractivity contribution is -0.144. The summed E-state index contributed by atoms with van der Waals surface area (Å²) in [6, 6.07) is 8.55. The zero-order valence-electron chi connectivity index (χ0n) is 15.4. The van der Waals surface area contributed by atoms with E-state index < -0.39 is 11.9 Å². The van der Waals surface area contributed by atoms with Crippen LogP contribution in [-0.4, -0.2) is 44.8 Å². The lowest BCUT2D eigenvalue weighted by atomic mass is 9.77. The van der Waals surface area contributed by atoms with Gasteiger partial charge in [0.05, 0.1) is 5.92 Å². The molecule has 3 N–H and O–H groups in total. The lowest BCUT2D eigenvalue weighted by Gasteiger charge is -2.26. The van der Waals surface area contributed by atoms with E-state index in [0.717, 1.165) is 25.1 Å². The van der Waals surface area contributed by atoms with Crippen LogP contribution in [0, 0.1) is 11.8 Å². The van der Waals surface area contributed by atoms with E-state index in [1.807, 2.05) is 13.8 Å². The molecular weight excluding hydrogens is 330 g/mol. The van der Waals surface area contributed by atoms with Crippen molar-refractivity contribution in [3.05, 3.63) is 41.2 Å². The van der Waals surface area contributed by atoms with E-state index >= 15 is 0 Å². The fourth-order valence-corrected chi connectivity index (χ4v) is 3.89. The van der Waals surface area contributed by atoms with Crippen molar-refractivity contribution >= 4 is 5.97 Å². The summed E-state index contributed by atoms with van der Waals surface area (Å²) in [5, 5.41) is 27.5. The lowest BCUT2D eigenvalue weighted by Crippen LogP contribution is -2.30. The second-order valence-corrected chi connectivity index (χ2v) is 7.26. The molecule has 0 saturated carbocycles. The summed E-state index contributed by atoms with van der Waals surface area (Å²) in [6.45, 7) is 6.09. The number of H-pyrrole nitrogens is 1. The van der Waals surface area contributed by atoms with Crippen molar-refractivity contribution in [1.29, 1.82) is 0 Å². The highest BCUT2D eigenvalue weighted by molar-refractivity contribution is 5.71. The largest absolute Gasteiger partial charge is 0.481 e. The quantitative estimate of drug-likeness (QED) is 0.670. The van der Waals surface area contributed by atoms with Crippen LogP contribution in [0.5, 0.6) is 0 Å². The van der Waals surface area contributed by atoms with Gasteiger partial charge in [0.15, 0.2) is 5.82 Å². The molecule has 2 aromatic rings. The molecule has 4 unspecified atom stereocenters. The van der Waals surface area contributed by atoms with Crippen LogP contribution >= 0.6 is 0 Å². The molecule has 3 rings (SSSR count). The van der Waals surface area contributed by atoms with Crippen molar-refractivity contribution in [2.24, 2.45) is 11.8 Å². The Balaban J connectivity index is 1.82. The standard InChI is InChI=1S/C19H27N5O2/c1-3-12(2)17(19(25)26)16(18-21-23-24-22-18)10-13-4-6-14(7-5-13)15-8-9-20-11-15/h4-7,12,15-17,20H,3,8-11H2,1-2H3,(H,25,26)(H,21,22,23,24). The first-order valence-electron chi connectivity index (χ1n) is 9.35. The second-order valence-electron chi connectivity index (χ2n) is 7.26. The summed E-state index contributed by atoms with van der Waals surface area (Å²) >= 11 is 0. The number of nitrogens with zero attached hydrogens (tertiary/aromatic N) is 3. The molecule has 0 radical (unpaired) electrons. The van der Waals surface area contributed by atoms with Gasteiger partial charge in [0.1, 0.15) is 0 Å². The monoisotopic (exact) mass is 357 g/mol. The normalized spacial score (nSPS) is 20.6. The third kappa shape index (κ3) is 4.09. The minimum Gasteiger partial charge on any atom is -0.481 e. The molecule has 0 aliphatic carbocycles. The zero-order valence-corrected chi connectivity index (χ0v) is 15.4. The van der Waals surface area contributed by atoms with Gasteiger partial charge >= 0.3 is 5.97 Å².